The smallest absolute Gasteiger partial charge is 0.293 e. The van der Waals surface area contributed by atoms with E-state index in [-0.39, 0.29) is 17.7 Å². The first kappa shape index (κ1) is 18.0. The van der Waals surface area contributed by atoms with Gasteiger partial charge in [0.05, 0.1) is 11.4 Å². The second-order valence-electron chi connectivity index (χ2n) is 5.93. The van der Waals surface area contributed by atoms with Gasteiger partial charge in [-0.25, -0.2) is 0 Å². The van der Waals surface area contributed by atoms with Crippen LogP contribution in [0.5, 0.6) is 5.75 Å². The van der Waals surface area contributed by atoms with Crippen LogP contribution in [0.2, 0.25) is 0 Å². The van der Waals surface area contributed by atoms with Crippen molar-refractivity contribution in [2.75, 3.05) is 6.61 Å². The highest BCUT2D eigenvalue weighted by Gasteiger charge is 2.34. The lowest BCUT2D eigenvalue weighted by atomic mass is 10.1. The molecular weight excluding hydrogens is 346 g/mol. The van der Waals surface area contributed by atoms with Gasteiger partial charge in [-0.2, -0.15) is 0 Å². The van der Waals surface area contributed by atoms with Crippen LogP contribution in [0.1, 0.15) is 16.7 Å². The van der Waals surface area contributed by atoms with Gasteiger partial charge in [0.25, 0.3) is 11.1 Å². The summed E-state index contributed by atoms with van der Waals surface area (Å²) >= 11 is 0.972. The van der Waals surface area contributed by atoms with E-state index < -0.39 is 0 Å². The maximum atomic E-state index is 12.6. The number of hydrogen-bond acceptors (Lipinski definition) is 4. The number of thioether (sulfide) groups is 1. The van der Waals surface area contributed by atoms with Gasteiger partial charge >= 0.3 is 0 Å². The molecule has 0 N–H and O–H groups in total. The highest BCUT2D eigenvalue weighted by atomic mass is 32.2. The fourth-order valence-electron chi connectivity index (χ4n) is 2.60. The first-order chi connectivity index (χ1) is 12.6. The van der Waals surface area contributed by atoms with E-state index in [0.29, 0.717) is 11.5 Å². The summed E-state index contributed by atoms with van der Waals surface area (Å²) in [6, 6.07) is 15.2. The van der Waals surface area contributed by atoms with E-state index in [0.717, 1.165) is 34.2 Å². The molecular formula is C21H19NO3S. The van der Waals surface area contributed by atoms with E-state index in [1.165, 1.54) is 4.90 Å². The van der Waals surface area contributed by atoms with E-state index >= 15 is 0 Å². The molecule has 0 radical (unpaired) electrons. The van der Waals surface area contributed by atoms with Crippen molar-refractivity contribution >= 4 is 29.0 Å². The third-order valence-electron chi connectivity index (χ3n) is 3.84. The maximum Gasteiger partial charge on any atom is 0.293 e. The van der Waals surface area contributed by atoms with Crippen molar-refractivity contribution < 1.29 is 14.3 Å². The van der Waals surface area contributed by atoms with Crippen LogP contribution >= 0.6 is 11.8 Å². The molecule has 1 aliphatic heterocycles. The lowest BCUT2D eigenvalue weighted by Crippen LogP contribution is -2.27. The molecule has 0 saturated carbocycles. The molecule has 3 rings (SSSR count). The third-order valence-corrected chi connectivity index (χ3v) is 4.75. The molecule has 1 fully saturated rings. The summed E-state index contributed by atoms with van der Waals surface area (Å²) < 4.78 is 5.44. The van der Waals surface area contributed by atoms with E-state index in [9.17, 15) is 9.59 Å². The second kappa shape index (κ2) is 8.06. The number of rotatable bonds is 6. The number of aryl methyl sites for hydroxylation is 1. The van der Waals surface area contributed by atoms with Crippen molar-refractivity contribution in [3.63, 3.8) is 0 Å². The van der Waals surface area contributed by atoms with Crippen molar-refractivity contribution in [1.29, 1.82) is 0 Å². The molecule has 26 heavy (non-hydrogen) atoms. The van der Waals surface area contributed by atoms with Crippen LogP contribution in [0.4, 0.5) is 4.79 Å². The summed E-state index contributed by atoms with van der Waals surface area (Å²) in [7, 11) is 0. The predicted molar refractivity (Wildman–Crippen MR) is 105 cm³/mol. The Morgan fingerprint density at radius 2 is 1.92 bits per heavy atom. The van der Waals surface area contributed by atoms with E-state index in [1.54, 1.807) is 12.2 Å². The van der Waals surface area contributed by atoms with Gasteiger partial charge in [-0.15, -0.1) is 0 Å². The van der Waals surface area contributed by atoms with E-state index in [4.69, 9.17) is 4.74 Å². The summed E-state index contributed by atoms with van der Waals surface area (Å²) in [6.07, 6.45) is 3.41. The van der Waals surface area contributed by atoms with E-state index in [1.807, 2.05) is 55.5 Å². The molecule has 2 aromatic rings. The standard InChI is InChI=1S/C21H19NO3S/c1-3-11-25-18-9-7-16(8-10-18)13-19-20(23)22(21(24)26-19)14-17-6-4-5-15(2)12-17/h3-10,12-13H,1,11,14H2,2H3/b19-13+. The monoisotopic (exact) mass is 365 g/mol. The van der Waals surface area contributed by atoms with Crippen molar-refractivity contribution in [3.05, 3.63) is 82.8 Å². The molecule has 0 aromatic heterocycles. The SMILES string of the molecule is C=CCOc1ccc(/C=C2/SC(=O)N(Cc3cccc(C)c3)C2=O)cc1. The van der Waals surface area contributed by atoms with Gasteiger partial charge in [-0.05, 0) is 48.0 Å². The molecule has 0 bridgehead atoms. The zero-order valence-corrected chi connectivity index (χ0v) is 15.3. The number of carbonyl (C=O) groups excluding carboxylic acids is 2. The van der Waals surface area contributed by atoms with E-state index in [2.05, 4.69) is 6.58 Å². The average Bonchev–Trinajstić information content (AvgIpc) is 2.89. The molecule has 0 atom stereocenters. The number of benzene rings is 2. The van der Waals surface area contributed by atoms with Crippen LogP contribution in [0.3, 0.4) is 0 Å². The third kappa shape index (κ3) is 4.24. The molecule has 1 aliphatic rings. The zero-order chi connectivity index (χ0) is 18.5. The fourth-order valence-corrected chi connectivity index (χ4v) is 3.43. The molecule has 2 amide bonds. The molecule has 1 heterocycles. The Morgan fingerprint density at radius 3 is 2.62 bits per heavy atom. The topological polar surface area (TPSA) is 46.6 Å². The van der Waals surface area contributed by atoms with Gasteiger partial charge in [0, 0.05) is 0 Å². The van der Waals surface area contributed by atoms with Gasteiger partial charge in [-0.3, -0.25) is 14.5 Å². The number of amides is 2. The van der Waals surface area contributed by atoms with Gasteiger partial charge in [-0.1, -0.05) is 54.6 Å². The minimum atomic E-state index is -0.256. The highest BCUT2D eigenvalue weighted by molar-refractivity contribution is 8.18. The molecule has 5 heteroatoms. The summed E-state index contributed by atoms with van der Waals surface area (Å²) in [5.74, 6) is 0.475. The van der Waals surface area contributed by atoms with Gasteiger partial charge in [0.15, 0.2) is 0 Å². The Morgan fingerprint density at radius 1 is 1.15 bits per heavy atom. The zero-order valence-electron chi connectivity index (χ0n) is 14.5. The quantitative estimate of drug-likeness (QED) is 0.545. The lowest BCUT2D eigenvalue weighted by Gasteiger charge is -2.12. The predicted octanol–water partition coefficient (Wildman–Crippen LogP) is 4.80. The summed E-state index contributed by atoms with van der Waals surface area (Å²) in [5, 5.41) is -0.242. The van der Waals surface area contributed by atoms with Crippen LogP contribution in [-0.4, -0.2) is 22.7 Å². The Balaban J connectivity index is 1.73. The highest BCUT2D eigenvalue weighted by Crippen LogP contribution is 2.33. The van der Waals surface area contributed by atoms with Crippen LogP contribution in [0.25, 0.3) is 6.08 Å². The molecule has 2 aromatic carbocycles. The number of imide groups is 1. The van der Waals surface area contributed by atoms with Crippen molar-refractivity contribution in [2.24, 2.45) is 0 Å². The Hall–Kier alpha value is -2.79. The van der Waals surface area contributed by atoms with Crippen molar-refractivity contribution in [2.45, 2.75) is 13.5 Å². The van der Waals surface area contributed by atoms with Crippen LogP contribution in [0, 0.1) is 6.92 Å². The van der Waals surface area contributed by atoms with Crippen LogP contribution < -0.4 is 4.74 Å². The fraction of sp³-hybridized carbons (Fsp3) is 0.143. The molecule has 1 saturated heterocycles. The summed E-state index contributed by atoms with van der Waals surface area (Å²) in [5.41, 5.74) is 2.89. The first-order valence-corrected chi connectivity index (χ1v) is 9.03. The van der Waals surface area contributed by atoms with Crippen molar-refractivity contribution in [3.8, 4) is 5.75 Å². The largest absolute Gasteiger partial charge is 0.490 e. The van der Waals surface area contributed by atoms with Crippen LogP contribution in [-0.2, 0) is 11.3 Å². The number of ether oxygens (including phenoxy) is 1. The normalized spacial score (nSPS) is 15.6. The molecule has 4 nitrogen and oxygen atoms in total. The van der Waals surface area contributed by atoms with Gasteiger partial charge in [0.2, 0.25) is 0 Å². The minimum Gasteiger partial charge on any atom is -0.490 e. The second-order valence-corrected chi connectivity index (χ2v) is 6.92. The number of carbonyl (C=O) groups is 2. The number of hydrogen-bond donors (Lipinski definition) is 0. The first-order valence-electron chi connectivity index (χ1n) is 8.21. The van der Waals surface area contributed by atoms with Crippen molar-refractivity contribution in [1.82, 2.24) is 4.90 Å². The Kier molecular flexibility index (Phi) is 5.58. The average molecular weight is 365 g/mol. The molecule has 0 spiro atoms. The summed E-state index contributed by atoms with van der Waals surface area (Å²) in [4.78, 5) is 26.6. The Bertz CT molecular complexity index is 871. The lowest BCUT2D eigenvalue weighted by molar-refractivity contribution is -0.123. The van der Waals surface area contributed by atoms with Crippen LogP contribution in [0.15, 0.2) is 66.1 Å². The number of nitrogens with zero attached hydrogens (tertiary/aromatic N) is 1. The molecule has 132 valence electrons. The Labute approximate surface area is 157 Å². The van der Waals surface area contributed by atoms with Gasteiger partial charge in [0.1, 0.15) is 12.4 Å². The minimum absolute atomic E-state index is 0.242. The molecule has 0 aliphatic carbocycles. The maximum absolute atomic E-state index is 12.6. The molecule has 0 unspecified atom stereocenters. The van der Waals surface area contributed by atoms with Gasteiger partial charge < -0.3 is 4.74 Å². The summed E-state index contributed by atoms with van der Waals surface area (Å²) in [6.45, 7) is 6.32.